The van der Waals surface area contributed by atoms with Crippen LogP contribution in [0.5, 0.6) is 0 Å². The summed E-state index contributed by atoms with van der Waals surface area (Å²) in [6, 6.07) is 0. The van der Waals surface area contributed by atoms with E-state index >= 15 is 0 Å². The summed E-state index contributed by atoms with van der Waals surface area (Å²) in [6.07, 6.45) is 1.26. The quantitative estimate of drug-likeness (QED) is 0.748. The van der Waals surface area contributed by atoms with Gasteiger partial charge in [-0.2, -0.15) is 11.8 Å². The first-order valence-electron chi connectivity index (χ1n) is 6.68. The number of thioether (sulfide) groups is 1. The molecule has 1 saturated heterocycles. The van der Waals surface area contributed by atoms with Crippen LogP contribution in [0.2, 0.25) is 0 Å². The van der Waals surface area contributed by atoms with Crippen molar-refractivity contribution in [2.45, 2.75) is 25.8 Å². The minimum Gasteiger partial charge on any atom is -0.329 e. The molecule has 1 aliphatic heterocycles. The van der Waals surface area contributed by atoms with Crippen LogP contribution in [-0.4, -0.2) is 67.1 Å². The molecule has 0 saturated carbocycles. The molecule has 1 heterocycles. The Bertz CT molecular complexity index is 213. The van der Waals surface area contributed by atoms with Gasteiger partial charge in [0.2, 0.25) is 0 Å². The number of likely N-dealkylation sites (N-methyl/N-ethyl adjacent to an activating group) is 1. The number of nitrogens with zero attached hydrogens (tertiary/aromatic N) is 2. The molecule has 17 heavy (non-hydrogen) atoms. The topological polar surface area (TPSA) is 32.5 Å². The number of rotatable bonds is 7. The maximum Gasteiger partial charge on any atom is 0.0430 e. The highest BCUT2D eigenvalue weighted by atomic mass is 32.2. The van der Waals surface area contributed by atoms with Crippen LogP contribution in [0.15, 0.2) is 0 Å². The fourth-order valence-electron chi connectivity index (χ4n) is 2.42. The molecule has 4 heteroatoms. The van der Waals surface area contributed by atoms with Crippen molar-refractivity contribution in [2.24, 2.45) is 11.7 Å². The Morgan fingerprint density at radius 2 is 2.00 bits per heavy atom. The number of hydrogen-bond acceptors (Lipinski definition) is 4. The van der Waals surface area contributed by atoms with E-state index in [1.54, 1.807) is 0 Å². The van der Waals surface area contributed by atoms with Gasteiger partial charge in [0, 0.05) is 37.5 Å². The van der Waals surface area contributed by atoms with E-state index in [0.717, 1.165) is 19.6 Å². The minimum atomic E-state index is 0.269. The van der Waals surface area contributed by atoms with Gasteiger partial charge in [-0.05, 0) is 32.2 Å². The molecule has 0 aromatic carbocycles. The molecule has 0 spiro atoms. The van der Waals surface area contributed by atoms with Crippen molar-refractivity contribution in [3.63, 3.8) is 0 Å². The molecular weight excluding hydrogens is 230 g/mol. The molecule has 3 nitrogen and oxygen atoms in total. The zero-order valence-corrected chi connectivity index (χ0v) is 12.7. The van der Waals surface area contributed by atoms with Crippen LogP contribution in [0.1, 0.15) is 20.3 Å². The van der Waals surface area contributed by atoms with Crippen molar-refractivity contribution in [3.8, 4) is 0 Å². The van der Waals surface area contributed by atoms with E-state index in [1.807, 2.05) is 0 Å². The lowest BCUT2D eigenvalue weighted by Crippen LogP contribution is -2.56. The second-order valence-electron chi connectivity index (χ2n) is 5.87. The van der Waals surface area contributed by atoms with E-state index in [4.69, 9.17) is 5.73 Å². The van der Waals surface area contributed by atoms with Gasteiger partial charge < -0.3 is 10.6 Å². The van der Waals surface area contributed by atoms with Gasteiger partial charge in [-0.1, -0.05) is 13.8 Å². The monoisotopic (exact) mass is 259 g/mol. The summed E-state index contributed by atoms with van der Waals surface area (Å²) in [4.78, 5) is 4.91. The average molecular weight is 259 g/mol. The fraction of sp³-hybridized carbons (Fsp3) is 1.00. The van der Waals surface area contributed by atoms with Gasteiger partial charge in [-0.3, -0.25) is 4.90 Å². The smallest absolute Gasteiger partial charge is 0.0430 e. The number of nitrogens with two attached hydrogens (primary N) is 1. The van der Waals surface area contributed by atoms with E-state index in [1.165, 1.54) is 24.5 Å². The molecule has 1 unspecified atom stereocenters. The maximum atomic E-state index is 6.08. The Morgan fingerprint density at radius 1 is 1.29 bits per heavy atom. The first-order valence-corrected chi connectivity index (χ1v) is 7.83. The SMILES string of the molecule is CC(C)CN(CCN(C)C)C1(CN)CCSC1. The molecule has 0 aromatic heterocycles. The van der Waals surface area contributed by atoms with Crippen molar-refractivity contribution in [1.29, 1.82) is 0 Å². The Kier molecular flexibility index (Phi) is 6.27. The summed E-state index contributed by atoms with van der Waals surface area (Å²) < 4.78 is 0. The standard InChI is InChI=1S/C13H29N3S/c1-12(2)9-16(7-6-15(3)4)13(10-14)5-8-17-11-13/h12H,5-11,14H2,1-4H3. The summed E-state index contributed by atoms with van der Waals surface area (Å²) in [5.74, 6) is 3.20. The van der Waals surface area contributed by atoms with E-state index in [-0.39, 0.29) is 5.54 Å². The molecule has 102 valence electrons. The van der Waals surface area contributed by atoms with Gasteiger partial charge in [0.1, 0.15) is 0 Å². The molecular formula is C13H29N3S. The average Bonchev–Trinajstić information content (AvgIpc) is 2.73. The van der Waals surface area contributed by atoms with Gasteiger partial charge in [0.15, 0.2) is 0 Å². The summed E-state index contributed by atoms with van der Waals surface area (Å²) in [5.41, 5.74) is 6.35. The fourth-order valence-corrected chi connectivity index (χ4v) is 3.91. The van der Waals surface area contributed by atoms with Gasteiger partial charge in [-0.25, -0.2) is 0 Å². The van der Waals surface area contributed by atoms with Crippen molar-refractivity contribution in [1.82, 2.24) is 9.80 Å². The van der Waals surface area contributed by atoms with Gasteiger partial charge in [0.25, 0.3) is 0 Å². The largest absolute Gasteiger partial charge is 0.329 e. The van der Waals surface area contributed by atoms with Crippen LogP contribution in [-0.2, 0) is 0 Å². The Balaban J connectivity index is 2.65. The molecule has 0 bridgehead atoms. The Morgan fingerprint density at radius 3 is 2.41 bits per heavy atom. The predicted molar refractivity (Wildman–Crippen MR) is 78.7 cm³/mol. The van der Waals surface area contributed by atoms with E-state index in [9.17, 15) is 0 Å². The van der Waals surface area contributed by atoms with Crippen molar-refractivity contribution in [3.05, 3.63) is 0 Å². The van der Waals surface area contributed by atoms with Gasteiger partial charge in [0.05, 0.1) is 0 Å². The molecule has 0 aliphatic carbocycles. The first kappa shape index (κ1) is 15.3. The molecule has 1 aliphatic rings. The molecule has 2 N–H and O–H groups in total. The molecule has 0 radical (unpaired) electrons. The first-order chi connectivity index (χ1) is 8.00. The highest BCUT2D eigenvalue weighted by molar-refractivity contribution is 7.99. The van der Waals surface area contributed by atoms with Crippen LogP contribution < -0.4 is 5.73 Å². The van der Waals surface area contributed by atoms with Crippen molar-refractivity contribution in [2.75, 3.05) is 51.8 Å². The van der Waals surface area contributed by atoms with E-state index < -0.39 is 0 Å². The van der Waals surface area contributed by atoms with Crippen LogP contribution in [0.3, 0.4) is 0 Å². The third-order valence-electron chi connectivity index (χ3n) is 3.54. The van der Waals surface area contributed by atoms with Crippen LogP contribution >= 0.6 is 11.8 Å². The van der Waals surface area contributed by atoms with Crippen molar-refractivity contribution >= 4 is 11.8 Å². The maximum absolute atomic E-state index is 6.08. The summed E-state index contributed by atoms with van der Waals surface area (Å²) >= 11 is 2.06. The summed E-state index contributed by atoms with van der Waals surface area (Å²) in [6.45, 7) is 8.85. The van der Waals surface area contributed by atoms with Crippen molar-refractivity contribution < 1.29 is 0 Å². The van der Waals surface area contributed by atoms with Gasteiger partial charge in [-0.15, -0.1) is 0 Å². The molecule has 0 amide bonds. The summed E-state index contributed by atoms with van der Waals surface area (Å²) in [7, 11) is 4.29. The van der Waals surface area contributed by atoms with Crippen LogP contribution in [0.4, 0.5) is 0 Å². The molecule has 1 rings (SSSR count). The molecule has 1 atom stereocenters. The van der Waals surface area contributed by atoms with Crippen LogP contribution in [0, 0.1) is 5.92 Å². The van der Waals surface area contributed by atoms with E-state index in [0.29, 0.717) is 5.92 Å². The molecule has 1 fully saturated rings. The lowest BCUT2D eigenvalue weighted by Gasteiger charge is -2.41. The number of hydrogen-bond donors (Lipinski definition) is 1. The second kappa shape index (κ2) is 6.98. The lowest BCUT2D eigenvalue weighted by molar-refractivity contribution is 0.0928. The third-order valence-corrected chi connectivity index (χ3v) is 4.77. The highest BCUT2D eigenvalue weighted by Crippen LogP contribution is 2.33. The highest BCUT2D eigenvalue weighted by Gasteiger charge is 2.38. The summed E-state index contributed by atoms with van der Waals surface area (Å²) in [5, 5.41) is 0. The second-order valence-corrected chi connectivity index (χ2v) is 6.98. The Labute approximate surface area is 111 Å². The normalized spacial score (nSPS) is 25.4. The van der Waals surface area contributed by atoms with E-state index in [2.05, 4.69) is 49.5 Å². The van der Waals surface area contributed by atoms with Crippen LogP contribution in [0.25, 0.3) is 0 Å². The minimum absolute atomic E-state index is 0.269. The van der Waals surface area contributed by atoms with Gasteiger partial charge >= 0.3 is 0 Å². The third kappa shape index (κ3) is 4.43. The molecule has 0 aromatic rings. The lowest BCUT2D eigenvalue weighted by atomic mass is 9.95. The Hall–Kier alpha value is 0.230. The zero-order chi connectivity index (χ0) is 12.9. The predicted octanol–water partition coefficient (Wildman–Crippen LogP) is 1.34. The zero-order valence-electron chi connectivity index (χ0n) is 11.9.